The Labute approximate surface area is 154 Å². The molecule has 4 rings (SSSR count). The van der Waals surface area contributed by atoms with Crippen LogP contribution in [-0.4, -0.2) is 29.0 Å². The van der Waals surface area contributed by atoms with E-state index >= 15 is 0 Å². The molecule has 0 bridgehead atoms. The molecule has 0 unspecified atom stereocenters. The topological polar surface area (TPSA) is 58.1 Å². The number of fused-ring (bicyclic) bond motifs is 1. The number of thiazole rings is 2. The number of hydrogen-bond acceptors (Lipinski definition) is 6. The molecular formula is C18H20N4OS2. The third-order valence-corrected chi connectivity index (χ3v) is 6.33. The Balaban J connectivity index is 1.26. The van der Waals surface area contributed by atoms with Crippen molar-refractivity contribution in [2.45, 2.75) is 32.2 Å². The smallest absolute Gasteiger partial charge is 0.220 e. The third-order valence-electron chi connectivity index (χ3n) is 4.29. The number of aryl methyl sites for hydroxylation is 1. The highest BCUT2D eigenvalue weighted by Crippen LogP contribution is 2.24. The summed E-state index contributed by atoms with van der Waals surface area (Å²) in [4.78, 5) is 23.6. The van der Waals surface area contributed by atoms with E-state index < -0.39 is 0 Å². The Kier molecular flexibility index (Phi) is 4.94. The van der Waals surface area contributed by atoms with Gasteiger partial charge >= 0.3 is 0 Å². The van der Waals surface area contributed by atoms with Crippen molar-refractivity contribution in [1.82, 2.24) is 15.3 Å². The number of para-hydroxylation sites is 1. The molecule has 1 N–H and O–H groups in total. The van der Waals surface area contributed by atoms with Gasteiger partial charge < -0.3 is 10.2 Å². The second kappa shape index (κ2) is 7.49. The summed E-state index contributed by atoms with van der Waals surface area (Å²) < 4.78 is 1.18. The van der Waals surface area contributed by atoms with Crippen molar-refractivity contribution in [3.8, 4) is 0 Å². The molecule has 25 heavy (non-hydrogen) atoms. The van der Waals surface area contributed by atoms with Crippen LogP contribution in [0.4, 0.5) is 5.13 Å². The average Bonchev–Trinajstić information content (AvgIpc) is 3.37. The van der Waals surface area contributed by atoms with Gasteiger partial charge in [-0.15, -0.1) is 22.7 Å². The molecule has 1 aromatic carbocycles. The van der Waals surface area contributed by atoms with Gasteiger partial charge in [-0.3, -0.25) is 4.79 Å². The average molecular weight is 373 g/mol. The van der Waals surface area contributed by atoms with Crippen molar-refractivity contribution in [2.75, 3.05) is 18.0 Å². The number of carbonyl (C=O) groups excluding carboxylic acids is 1. The van der Waals surface area contributed by atoms with E-state index in [1.54, 1.807) is 22.7 Å². The zero-order valence-corrected chi connectivity index (χ0v) is 15.5. The molecule has 1 aliphatic rings. The Bertz CT molecular complexity index is 834. The van der Waals surface area contributed by atoms with Gasteiger partial charge in [-0.1, -0.05) is 12.1 Å². The van der Waals surface area contributed by atoms with E-state index in [0.717, 1.165) is 34.4 Å². The molecule has 3 heterocycles. The van der Waals surface area contributed by atoms with E-state index in [9.17, 15) is 4.79 Å². The molecular weight excluding hydrogens is 352 g/mol. The quantitative estimate of drug-likeness (QED) is 0.718. The maximum absolute atomic E-state index is 12.1. The van der Waals surface area contributed by atoms with Crippen molar-refractivity contribution in [2.24, 2.45) is 0 Å². The molecule has 2 aromatic heterocycles. The second-order valence-electron chi connectivity index (χ2n) is 6.17. The summed E-state index contributed by atoms with van der Waals surface area (Å²) >= 11 is 3.33. The number of amides is 1. The minimum atomic E-state index is 0.0509. The van der Waals surface area contributed by atoms with E-state index in [-0.39, 0.29) is 5.91 Å². The second-order valence-corrected chi connectivity index (χ2v) is 8.12. The van der Waals surface area contributed by atoms with Crippen LogP contribution in [0.1, 0.15) is 30.0 Å². The SMILES string of the molecule is O=C(CCc1nc2ccccc2s1)NCc1csc(N2CCCC2)n1. The lowest BCUT2D eigenvalue weighted by molar-refractivity contribution is -0.121. The molecule has 7 heteroatoms. The van der Waals surface area contributed by atoms with E-state index in [2.05, 4.69) is 26.3 Å². The molecule has 0 atom stereocenters. The fourth-order valence-corrected chi connectivity index (χ4v) is 4.80. The Morgan fingerprint density at radius 2 is 2.04 bits per heavy atom. The maximum Gasteiger partial charge on any atom is 0.220 e. The Morgan fingerprint density at radius 1 is 1.20 bits per heavy atom. The molecule has 0 radical (unpaired) electrons. The van der Waals surface area contributed by atoms with Crippen molar-refractivity contribution in [3.63, 3.8) is 0 Å². The summed E-state index contributed by atoms with van der Waals surface area (Å²) in [5, 5.41) is 7.11. The van der Waals surface area contributed by atoms with Gasteiger partial charge in [-0.2, -0.15) is 0 Å². The summed E-state index contributed by atoms with van der Waals surface area (Å²) in [6.45, 7) is 2.70. The molecule has 5 nitrogen and oxygen atoms in total. The number of hydrogen-bond donors (Lipinski definition) is 1. The third kappa shape index (κ3) is 3.99. The first-order valence-corrected chi connectivity index (χ1v) is 10.3. The number of rotatable bonds is 6. The monoisotopic (exact) mass is 372 g/mol. The number of anilines is 1. The number of nitrogens with one attached hydrogen (secondary N) is 1. The zero-order chi connectivity index (χ0) is 17.1. The fourth-order valence-electron chi connectivity index (χ4n) is 2.96. The number of benzene rings is 1. The fraction of sp³-hybridized carbons (Fsp3) is 0.389. The molecule has 1 aliphatic heterocycles. The van der Waals surface area contributed by atoms with E-state index in [1.165, 1.54) is 17.5 Å². The van der Waals surface area contributed by atoms with Crippen LogP contribution in [0.25, 0.3) is 10.2 Å². The highest BCUT2D eigenvalue weighted by atomic mass is 32.1. The largest absolute Gasteiger partial charge is 0.350 e. The Morgan fingerprint density at radius 3 is 2.88 bits per heavy atom. The van der Waals surface area contributed by atoms with Gasteiger partial charge in [0.25, 0.3) is 0 Å². The normalized spacial score (nSPS) is 14.3. The molecule has 0 aliphatic carbocycles. The van der Waals surface area contributed by atoms with Crippen LogP contribution in [0.2, 0.25) is 0 Å². The molecule has 1 amide bonds. The summed E-state index contributed by atoms with van der Waals surface area (Å²) in [6, 6.07) is 8.08. The Hall–Kier alpha value is -1.99. The van der Waals surface area contributed by atoms with E-state index in [4.69, 9.17) is 0 Å². The minimum absolute atomic E-state index is 0.0509. The van der Waals surface area contributed by atoms with Crippen LogP contribution < -0.4 is 10.2 Å². The van der Waals surface area contributed by atoms with E-state index in [0.29, 0.717) is 19.4 Å². The lowest BCUT2D eigenvalue weighted by Crippen LogP contribution is -2.23. The van der Waals surface area contributed by atoms with Gasteiger partial charge in [-0.25, -0.2) is 9.97 Å². The van der Waals surface area contributed by atoms with Gasteiger partial charge in [-0.05, 0) is 25.0 Å². The van der Waals surface area contributed by atoms with Crippen LogP contribution >= 0.6 is 22.7 Å². The minimum Gasteiger partial charge on any atom is -0.350 e. The molecule has 130 valence electrons. The number of carbonyl (C=O) groups is 1. The molecule has 0 spiro atoms. The molecule has 1 saturated heterocycles. The number of aromatic nitrogens is 2. The predicted octanol–water partition coefficient (Wildman–Crippen LogP) is 3.60. The highest BCUT2D eigenvalue weighted by molar-refractivity contribution is 7.18. The molecule has 1 fully saturated rings. The van der Waals surface area contributed by atoms with Crippen LogP contribution in [0.5, 0.6) is 0 Å². The van der Waals surface area contributed by atoms with Crippen molar-refractivity contribution < 1.29 is 4.79 Å². The lowest BCUT2D eigenvalue weighted by Gasteiger charge is -2.12. The van der Waals surface area contributed by atoms with Gasteiger partial charge in [0, 0.05) is 31.3 Å². The predicted molar refractivity (Wildman–Crippen MR) is 103 cm³/mol. The number of nitrogens with zero attached hydrogens (tertiary/aromatic N) is 3. The van der Waals surface area contributed by atoms with Crippen molar-refractivity contribution in [1.29, 1.82) is 0 Å². The van der Waals surface area contributed by atoms with Gasteiger partial charge in [0.2, 0.25) is 5.91 Å². The van der Waals surface area contributed by atoms with Crippen molar-refractivity contribution in [3.05, 3.63) is 40.3 Å². The van der Waals surface area contributed by atoms with Crippen LogP contribution in [-0.2, 0) is 17.8 Å². The highest BCUT2D eigenvalue weighted by Gasteiger charge is 2.15. The summed E-state index contributed by atoms with van der Waals surface area (Å²) in [6.07, 6.45) is 3.64. The van der Waals surface area contributed by atoms with Crippen molar-refractivity contribution >= 4 is 43.9 Å². The molecule has 0 saturated carbocycles. The summed E-state index contributed by atoms with van der Waals surface area (Å²) in [7, 11) is 0. The van der Waals surface area contributed by atoms with Crippen LogP contribution in [0.15, 0.2) is 29.6 Å². The first-order chi connectivity index (χ1) is 12.3. The summed E-state index contributed by atoms with van der Waals surface area (Å²) in [5.41, 5.74) is 1.96. The maximum atomic E-state index is 12.1. The van der Waals surface area contributed by atoms with Gasteiger partial charge in [0.15, 0.2) is 5.13 Å². The van der Waals surface area contributed by atoms with Crippen LogP contribution in [0.3, 0.4) is 0 Å². The van der Waals surface area contributed by atoms with E-state index in [1.807, 2.05) is 23.6 Å². The van der Waals surface area contributed by atoms with Crippen LogP contribution in [0, 0.1) is 0 Å². The van der Waals surface area contributed by atoms with Gasteiger partial charge in [0.1, 0.15) is 0 Å². The summed E-state index contributed by atoms with van der Waals surface area (Å²) in [5.74, 6) is 0.0509. The van der Waals surface area contributed by atoms with Gasteiger partial charge in [0.05, 0.1) is 27.5 Å². The standard InChI is InChI=1S/C18H20N4OS2/c23-16(7-8-17-21-14-5-1-2-6-15(14)25-17)19-11-13-12-24-18(20-13)22-9-3-4-10-22/h1-2,5-6,12H,3-4,7-11H2,(H,19,23). The zero-order valence-electron chi connectivity index (χ0n) is 13.9. The first-order valence-electron chi connectivity index (χ1n) is 8.58. The molecule has 3 aromatic rings. The lowest BCUT2D eigenvalue weighted by atomic mass is 10.3. The first kappa shape index (κ1) is 16.5.